The van der Waals surface area contributed by atoms with Crippen LogP contribution in [0.4, 0.5) is 17.6 Å². The number of nitrogens with zero attached hydrogens (tertiary/aromatic N) is 3. The van der Waals surface area contributed by atoms with Crippen LogP contribution in [-0.4, -0.2) is 41.3 Å². The molecule has 9 heteroatoms. The van der Waals surface area contributed by atoms with Crippen molar-refractivity contribution in [2.45, 2.75) is 42.3 Å². The van der Waals surface area contributed by atoms with E-state index in [9.17, 15) is 22.4 Å². The van der Waals surface area contributed by atoms with Gasteiger partial charge in [-0.3, -0.25) is 4.79 Å². The maximum absolute atomic E-state index is 14.9. The molecule has 0 bridgehead atoms. The Bertz CT molecular complexity index is 738. The Hall–Kier alpha value is -2.03. The summed E-state index contributed by atoms with van der Waals surface area (Å²) in [6.45, 7) is 0.0302. The van der Waals surface area contributed by atoms with Crippen LogP contribution in [0.25, 0.3) is 0 Å². The van der Waals surface area contributed by atoms with Crippen molar-refractivity contribution in [1.29, 1.82) is 0 Å². The van der Waals surface area contributed by atoms with Crippen LogP contribution in [0.5, 0.6) is 0 Å². The van der Waals surface area contributed by atoms with Gasteiger partial charge in [-0.15, -0.1) is 10.2 Å². The molecular weight excluding hydrogens is 340 g/mol. The quantitative estimate of drug-likeness (QED) is 0.828. The molecule has 0 radical (unpaired) electrons. The highest BCUT2D eigenvalue weighted by molar-refractivity contribution is 5.94. The Morgan fingerprint density at radius 3 is 2.28 bits per heavy atom. The van der Waals surface area contributed by atoms with Gasteiger partial charge in [-0.25, -0.2) is 4.39 Å². The molecule has 0 unspecified atom stereocenters. The standard InChI is InChI=1S/C16H16F4N4O/c17-13-6-1-7-14(13,21)9-24(8-13)12(25)10-2-4-11(5-3-10)15(22-23-15)16(18,19)20/h2-5H,1,6-9,21H2/t13-,14+/m1/s1. The van der Waals surface area contributed by atoms with Gasteiger partial charge in [0.15, 0.2) is 0 Å². The number of amides is 1. The molecule has 1 amide bonds. The second-order valence-electron chi connectivity index (χ2n) is 7.08. The average Bonchev–Trinajstić information content (AvgIpc) is 3.24. The van der Waals surface area contributed by atoms with Crippen molar-refractivity contribution in [3.8, 4) is 0 Å². The lowest BCUT2D eigenvalue weighted by atomic mass is 9.89. The van der Waals surface area contributed by atoms with E-state index in [1.54, 1.807) is 0 Å². The Balaban J connectivity index is 1.53. The maximum atomic E-state index is 14.9. The highest BCUT2D eigenvalue weighted by atomic mass is 19.4. The summed E-state index contributed by atoms with van der Waals surface area (Å²) in [5, 5.41) is 6.25. The summed E-state index contributed by atoms with van der Waals surface area (Å²) in [6, 6.07) is 4.94. The molecule has 2 aliphatic heterocycles. The number of carbonyl (C=O) groups excluding carboxylic acids is 1. The fourth-order valence-electron chi connectivity index (χ4n) is 3.93. The predicted octanol–water partition coefficient (Wildman–Crippen LogP) is 2.91. The summed E-state index contributed by atoms with van der Waals surface area (Å²) >= 11 is 0. The number of likely N-dealkylation sites (tertiary alicyclic amines) is 1. The van der Waals surface area contributed by atoms with Gasteiger partial charge in [-0.2, -0.15) is 13.2 Å². The summed E-state index contributed by atoms with van der Waals surface area (Å²) < 4.78 is 53.9. The molecule has 134 valence electrons. The number of halogens is 4. The Kier molecular flexibility index (Phi) is 3.14. The molecule has 1 saturated carbocycles. The summed E-state index contributed by atoms with van der Waals surface area (Å²) in [7, 11) is 0. The van der Waals surface area contributed by atoms with Crippen LogP contribution >= 0.6 is 0 Å². The number of fused-ring (bicyclic) bond motifs is 1. The molecule has 0 aromatic heterocycles. The van der Waals surface area contributed by atoms with Crippen molar-refractivity contribution in [3.63, 3.8) is 0 Å². The molecule has 1 aliphatic carbocycles. The molecule has 4 rings (SSSR count). The van der Waals surface area contributed by atoms with E-state index in [0.717, 1.165) is 0 Å². The summed E-state index contributed by atoms with van der Waals surface area (Å²) in [4.78, 5) is 13.9. The molecule has 1 saturated heterocycles. The number of rotatable bonds is 2. The third-order valence-electron chi connectivity index (χ3n) is 5.52. The number of nitrogens with two attached hydrogens (primary N) is 1. The van der Waals surface area contributed by atoms with Crippen LogP contribution in [0.3, 0.4) is 0 Å². The SMILES string of the molecule is N[C@]12CCC[C@@]1(F)CN(C(=O)c1ccc(C3(C(F)(F)F)N=N3)cc1)C2. The van der Waals surface area contributed by atoms with E-state index in [2.05, 4.69) is 10.2 Å². The fraction of sp³-hybridized carbons (Fsp3) is 0.562. The highest BCUT2D eigenvalue weighted by Gasteiger charge is 2.65. The Morgan fingerprint density at radius 2 is 1.76 bits per heavy atom. The monoisotopic (exact) mass is 356 g/mol. The zero-order chi connectivity index (χ0) is 18.1. The van der Waals surface area contributed by atoms with Crippen LogP contribution in [0, 0.1) is 0 Å². The average molecular weight is 356 g/mol. The van der Waals surface area contributed by atoms with Gasteiger partial charge in [0.25, 0.3) is 5.91 Å². The first-order valence-corrected chi connectivity index (χ1v) is 7.99. The second kappa shape index (κ2) is 4.78. The Labute approximate surface area is 140 Å². The molecular formula is C16H16F4N4O. The molecule has 5 nitrogen and oxygen atoms in total. The predicted molar refractivity (Wildman–Crippen MR) is 79.5 cm³/mol. The smallest absolute Gasteiger partial charge is 0.333 e. The number of alkyl halides is 4. The van der Waals surface area contributed by atoms with E-state index < -0.39 is 29.0 Å². The fourth-order valence-corrected chi connectivity index (χ4v) is 3.93. The van der Waals surface area contributed by atoms with Crippen LogP contribution < -0.4 is 5.73 Å². The molecule has 2 atom stereocenters. The minimum absolute atomic E-state index is 0.0821. The molecule has 25 heavy (non-hydrogen) atoms. The van der Waals surface area contributed by atoms with Crippen LogP contribution in [0.2, 0.25) is 0 Å². The number of hydrogen-bond donors (Lipinski definition) is 1. The van der Waals surface area contributed by atoms with Crippen LogP contribution in [-0.2, 0) is 5.66 Å². The third-order valence-corrected chi connectivity index (χ3v) is 5.52. The zero-order valence-corrected chi connectivity index (χ0v) is 13.2. The van der Waals surface area contributed by atoms with Crippen molar-refractivity contribution in [1.82, 2.24) is 4.90 Å². The van der Waals surface area contributed by atoms with E-state index in [4.69, 9.17) is 5.73 Å². The van der Waals surface area contributed by atoms with Gasteiger partial charge in [0.2, 0.25) is 0 Å². The lowest BCUT2D eigenvalue weighted by Crippen LogP contribution is -2.53. The molecule has 2 heterocycles. The van der Waals surface area contributed by atoms with Crippen molar-refractivity contribution in [3.05, 3.63) is 35.4 Å². The van der Waals surface area contributed by atoms with Gasteiger partial charge in [-0.1, -0.05) is 12.1 Å². The van der Waals surface area contributed by atoms with Gasteiger partial charge in [0.05, 0.1) is 12.1 Å². The minimum Gasteiger partial charge on any atom is -0.333 e. The van der Waals surface area contributed by atoms with E-state index >= 15 is 0 Å². The van der Waals surface area contributed by atoms with Gasteiger partial charge in [-0.05, 0) is 31.4 Å². The second-order valence-corrected chi connectivity index (χ2v) is 7.08. The summed E-state index contributed by atoms with van der Waals surface area (Å²) in [5.74, 6) is -0.437. The highest BCUT2D eigenvalue weighted by Crippen LogP contribution is 2.52. The van der Waals surface area contributed by atoms with Crippen molar-refractivity contribution in [2.75, 3.05) is 13.1 Å². The number of benzene rings is 1. The summed E-state index contributed by atoms with van der Waals surface area (Å²) in [5.41, 5.74) is 1.03. The van der Waals surface area contributed by atoms with Crippen molar-refractivity contribution >= 4 is 5.91 Å². The molecule has 2 N–H and O–H groups in total. The molecule has 1 aromatic carbocycles. The topological polar surface area (TPSA) is 71.0 Å². The molecule has 2 fully saturated rings. The lowest BCUT2D eigenvalue weighted by molar-refractivity contribution is -0.166. The van der Waals surface area contributed by atoms with Crippen molar-refractivity contribution < 1.29 is 22.4 Å². The maximum Gasteiger partial charge on any atom is 0.442 e. The first-order valence-electron chi connectivity index (χ1n) is 7.99. The van der Waals surface area contributed by atoms with Gasteiger partial charge >= 0.3 is 11.8 Å². The normalized spacial score (nSPS) is 32.8. The van der Waals surface area contributed by atoms with Gasteiger partial charge in [0.1, 0.15) is 5.67 Å². The van der Waals surface area contributed by atoms with Crippen LogP contribution in [0.1, 0.15) is 35.2 Å². The number of carbonyl (C=O) groups is 1. The van der Waals surface area contributed by atoms with Crippen LogP contribution in [0.15, 0.2) is 34.5 Å². The van der Waals surface area contributed by atoms with Gasteiger partial charge < -0.3 is 10.6 Å². The third kappa shape index (κ3) is 2.21. The molecule has 1 aromatic rings. The zero-order valence-electron chi connectivity index (χ0n) is 13.2. The minimum atomic E-state index is -4.61. The number of hydrogen-bond acceptors (Lipinski definition) is 4. The lowest BCUT2D eigenvalue weighted by Gasteiger charge is -2.27. The van der Waals surface area contributed by atoms with Crippen molar-refractivity contribution in [2.24, 2.45) is 16.0 Å². The summed E-state index contributed by atoms with van der Waals surface area (Å²) in [6.07, 6.45) is -3.08. The first-order chi connectivity index (χ1) is 11.6. The molecule has 0 spiro atoms. The van der Waals surface area contributed by atoms with E-state index in [-0.39, 0.29) is 24.2 Å². The van der Waals surface area contributed by atoms with E-state index in [1.807, 2.05) is 0 Å². The molecule has 3 aliphatic rings. The largest absolute Gasteiger partial charge is 0.442 e. The van der Waals surface area contributed by atoms with E-state index in [1.165, 1.54) is 29.2 Å². The van der Waals surface area contributed by atoms with E-state index in [0.29, 0.717) is 19.3 Å². The Morgan fingerprint density at radius 1 is 1.12 bits per heavy atom. The first kappa shape index (κ1) is 16.4. The van der Waals surface area contributed by atoms with Gasteiger partial charge in [0, 0.05) is 17.7 Å².